The predicted molar refractivity (Wildman–Crippen MR) is 262 cm³/mol. The Morgan fingerprint density at radius 1 is 0.516 bits per heavy atom. The Bertz CT molecular complexity index is 1620. The molecule has 1 aromatic carbocycles. The van der Waals surface area contributed by atoms with Gasteiger partial charge in [0.05, 0.1) is 13.2 Å². The second kappa shape index (κ2) is 36.6. The van der Waals surface area contributed by atoms with Crippen LogP contribution in [0.15, 0.2) is 33.9 Å². The summed E-state index contributed by atoms with van der Waals surface area (Å²) in [6, 6.07) is 6.71. The maximum atomic E-state index is 13.8. The van der Waals surface area contributed by atoms with Crippen molar-refractivity contribution >= 4 is 17.6 Å². The minimum Gasteiger partial charge on any atom is -0.494 e. The number of nitrogens with zero attached hydrogens (tertiary/aromatic N) is 3. The lowest BCUT2D eigenvalue weighted by Gasteiger charge is -2.19. The van der Waals surface area contributed by atoms with Crippen molar-refractivity contribution in [2.75, 3.05) is 32.2 Å². The number of carbonyl (C=O) groups is 2. The molecule has 366 valence electrons. The molecule has 0 aliphatic heterocycles. The highest BCUT2D eigenvalue weighted by atomic mass is 16.5. The zero-order valence-corrected chi connectivity index (χ0v) is 41.0. The first-order chi connectivity index (χ1) is 31.1. The van der Waals surface area contributed by atoms with Crippen LogP contribution in [0.4, 0.5) is 5.69 Å². The van der Waals surface area contributed by atoms with Crippen molar-refractivity contribution in [1.82, 2.24) is 9.13 Å². The standard InChI is InChI=1S/C53H91N3O8/c1-5-7-9-11-13-15-17-19-21-23-25-27-29-31-33-35-41-63-47(57)43-55-51(60)49(50(59)45-37-39-46(40-38-45)54(3)4)52(61)56(53(55)62)44-48(58)64-42-36-34-32-30-28-26-24-22-20-18-16-14-12-10-8-6-2/h37-40,50,59-60H,5-36,41-44H2,1-4H3. The van der Waals surface area contributed by atoms with Crippen LogP contribution >= 0.6 is 0 Å². The quantitative estimate of drug-likeness (QED) is 0.0493. The van der Waals surface area contributed by atoms with Gasteiger partial charge in [-0.2, -0.15) is 0 Å². The zero-order chi connectivity index (χ0) is 46.6. The fraction of sp³-hybridized carbons (Fsp3) is 0.774. The molecule has 2 N–H and O–H groups in total. The second-order valence-electron chi connectivity index (χ2n) is 18.4. The van der Waals surface area contributed by atoms with Crippen molar-refractivity contribution in [2.24, 2.45) is 0 Å². The SMILES string of the molecule is CCCCCCCCCCCCCCCCCCOC(=O)Cn1c(O)c(C(O)c2ccc(N(C)C)cc2)c(=O)n(CC(=O)OCCCCCCCCCCCCCCCCCC)c1=O. The van der Waals surface area contributed by atoms with Gasteiger partial charge in [0.1, 0.15) is 24.8 Å². The molecular weight excluding hydrogens is 807 g/mol. The fourth-order valence-electron chi connectivity index (χ4n) is 8.37. The molecule has 0 saturated carbocycles. The highest BCUT2D eigenvalue weighted by Crippen LogP contribution is 2.27. The van der Waals surface area contributed by atoms with Gasteiger partial charge in [0.2, 0.25) is 5.88 Å². The third-order valence-corrected chi connectivity index (χ3v) is 12.5. The van der Waals surface area contributed by atoms with Crippen molar-refractivity contribution in [1.29, 1.82) is 0 Å². The van der Waals surface area contributed by atoms with Crippen molar-refractivity contribution in [2.45, 2.75) is 239 Å². The molecule has 0 radical (unpaired) electrons. The Morgan fingerprint density at radius 2 is 0.828 bits per heavy atom. The molecule has 2 aromatic rings. The molecule has 0 aliphatic carbocycles. The van der Waals surface area contributed by atoms with Gasteiger partial charge in [-0.05, 0) is 30.5 Å². The summed E-state index contributed by atoms with van der Waals surface area (Å²) in [6.07, 6.45) is 37.7. The minimum atomic E-state index is -1.65. The number of unbranched alkanes of at least 4 members (excludes halogenated alkanes) is 30. The van der Waals surface area contributed by atoms with Gasteiger partial charge in [-0.25, -0.2) is 9.36 Å². The summed E-state index contributed by atoms with van der Waals surface area (Å²) in [7, 11) is 3.73. The molecule has 1 aromatic heterocycles. The summed E-state index contributed by atoms with van der Waals surface area (Å²) >= 11 is 0. The summed E-state index contributed by atoms with van der Waals surface area (Å²) in [5, 5.41) is 22.7. The second-order valence-corrected chi connectivity index (χ2v) is 18.4. The van der Waals surface area contributed by atoms with Crippen LogP contribution < -0.4 is 16.1 Å². The molecule has 2 rings (SSSR count). The van der Waals surface area contributed by atoms with Crippen LogP contribution in [-0.2, 0) is 32.2 Å². The first-order valence-electron chi connectivity index (χ1n) is 25.9. The van der Waals surface area contributed by atoms with E-state index in [4.69, 9.17) is 9.47 Å². The van der Waals surface area contributed by atoms with Gasteiger partial charge in [0.25, 0.3) is 5.56 Å². The number of aliphatic hydroxyl groups excluding tert-OH is 1. The van der Waals surface area contributed by atoms with Crippen LogP contribution in [0.3, 0.4) is 0 Å². The van der Waals surface area contributed by atoms with Gasteiger partial charge in [-0.1, -0.05) is 219 Å². The molecular formula is C53H91N3O8. The molecule has 0 aliphatic rings. The predicted octanol–water partition coefficient (Wildman–Crippen LogP) is 12.5. The number of aromatic hydroxyl groups is 1. The smallest absolute Gasteiger partial charge is 0.334 e. The van der Waals surface area contributed by atoms with Gasteiger partial charge in [-0.15, -0.1) is 0 Å². The highest BCUT2D eigenvalue weighted by Gasteiger charge is 2.28. The van der Waals surface area contributed by atoms with E-state index in [9.17, 15) is 29.4 Å². The Kier molecular flexibility index (Phi) is 32.3. The van der Waals surface area contributed by atoms with E-state index in [0.717, 1.165) is 44.2 Å². The Hall–Kier alpha value is -3.60. The largest absolute Gasteiger partial charge is 0.494 e. The minimum absolute atomic E-state index is 0.150. The van der Waals surface area contributed by atoms with E-state index in [1.807, 2.05) is 19.0 Å². The molecule has 1 atom stereocenters. The Balaban J connectivity index is 1.83. The van der Waals surface area contributed by atoms with Crippen molar-refractivity contribution in [3.63, 3.8) is 0 Å². The summed E-state index contributed by atoms with van der Waals surface area (Å²) < 4.78 is 12.2. The van der Waals surface area contributed by atoms with E-state index in [1.54, 1.807) is 24.3 Å². The fourth-order valence-corrected chi connectivity index (χ4v) is 8.37. The van der Waals surface area contributed by atoms with Crippen LogP contribution in [0, 0.1) is 0 Å². The summed E-state index contributed by atoms with van der Waals surface area (Å²) in [4.78, 5) is 55.2. The van der Waals surface area contributed by atoms with Gasteiger partial charge in [0, 0.05) is 19.8 Å². The average molecular weight is 898 g/mol. The molecule has 1 unspecified atom stereocenters. The van der Waals surface area contributed by atoms with Crippen molar-refractivity contribution in [3.05, 3.63) is 56.2 Å². The van der Waals surface area contributed by atoms with E-state index < -0.39 is 53.8 Å². The number of esters is 2. The maximum Gasteiger partial charge on any atom is 0.334 e. The molecule has 0 saturated heterocycles. The first kappa shape index (κ1) is 56.5. The van der Waals surface area contributed by atoms with E-state index >= 15 is 0 Å². The zero-order valence-electron chi connectivity index (χ0n) is 41.0. The third-order valence-electron chi connectivity index (χ3n) is 12.5. The molecule has 0 fully saturated rings. The van der Waals surface area contributed by atoms with Crippen LogP contribution in [0.5, 0.6) is 5.88 Å². The average Bonchev–Trinajstić information content (AvgIpc) is 3.28. The van der Waals surface area contributed by atoms with Gasteiger partial charge in [-0.3, -0.25) is 19.0 Å². The lowest BCUT2D eigenvalue weighted by molar-refractivity contribution is -0.145. The normalized spacial score (nSPS) is 11.8. The number of rotatable bonds is 41. The van der Waals surface area contributed by atoms with Crippen molar-refractivity contribution in [3.8, 4) is 5.88 Å². The van der Waals surface area contributed by atoms with Gasteiger partial charge in [0.15, 0.2) is 0 Å². The van der Waals surface area contributed by atoms with Crippen molar-refractivity contribution < 1.29 is 29.3 Å². The van der Waals surface area contributed by atoms with Crippen LogP contribution in [0.25, 0.3) is 0 Å². The number of hydrogen-bond acceptors (Lipinski definition) is 9. The van der Waals surface area contributed by atoms with E-state index in [0.29, 0.717) is 22.0 Å². The molecule has 64 heavy (non-hydrogen) atoms. The van der Waals surface area contributed by atoms with E-state index in [2.05, 4.69) is 13.8 Å². The maximum absolute atomic E-state index is 13.8. The van der Waals surface area contributed by atoms with E-state index in [-0.39, 0.29) is 18.8 Å². The number of carbonyl (C=O) groups excluding carboxylic acids is 2. The lowest BCUT2D eigenvalue weighted by atomic mass is 10.0. The topological polar surface area (TPSA) is 140 Å². The number of hydrogen-bond donors (Lipinski definition) is 2. The van der Waals surface area contributed by atoms with Crippen LogP contribution in [-0.4, -0.2) is 58.6 Å². The van der Waals surface area contributed by atoms with Crippen LogP contribution in [0.1, 0.15) is 237 Å². The molecule has 0 spiro atoms. The Morgan fingerprint density at radius 3 is 1.16 bits per heavy atom. The molecule has 11 nitrogen and oxygen atoms in total. The summed E-state index contributed by atoms with van der Waals surface area (Å²) in [6.45, 7) is 3.39. The first-order valence-corrected chi connectivity index (χ1v) is 25.9. The van der Waals surface area contributed by atoms with Crippen LogP contribution in [0.2, 0.25) is 0 Å². The van der Waals surface area contributed by atoms with Gasteiger partial charge >= 0.3 is 17.6 Å². The Labute approximate surface area is 387 Å². The number of anilines is 1. The number of benzene rings is 1. The summed E-state index contributed by atoms with van der Waals surface area (Å²) in [5.41, 5.74) is -1.49. The molecule has 0 amide bonds. The molecule has 0 bridgehead atoms. The summed E-state index contributed by atoms with van der Waals surface area (Å²) in [5.74, 6) is -2.42. The molecule has 11 heteroatoms. The monoisotopic (exact) mass is 898 g/mol. The third kappa shape index (κ3) is 24.6. The lowest BCUT2D eigenvalue weighted by Crippen LogP contribution is -2.45. The number of aliphatic hydroxyl groups is 1. The number of ether oxygens (including phenoxy) is 2. The van der Waals surface area contributed by atoms with E-state index in [1.165, 1.54) is 154 Å². The molecule has 1 heterocycles. The number of aromatic nitrogens is 2. The highest BCUT2D eigenvalue weighted by molar-refractivity contribution is 5.70. The van der Waals surface area contributed by atoms with Gasteiger partial charge < -0.3 is 24.6 Å².